The van der Waals surface area contributed by atoms with Crippen LogP contribution in [0.4, 0.5) is 0 Å². The zero-order valence-electron chi connectivity index (χ0n) is 11.0. The summed E-state index contributed by atoms with van der Waals surface area (Å²) in [6.07, 6.45) is -0.507. The molecule has 104 valence electrons. The Morgan fingerprint density at radius 2 is 2.00 bits per heavy atom. The lowest BCUT2D eigenvalue weighted by molar-refractivity contribution is 0.0412. The zero-order valence-corrected chi connectivity index (χ0v) is 13.3. The molecule has 0 aliphatic carbocycles. The lowest BCUT2D eigenvalue weighted by Gasteiger charge is -2.12. The van der Waals surface area contributed by atoms with Crippen LogP contribution in [0.1, 0.15) is 22.8 Å². The van der Waals surface area contributed by atoms with Crippen LogP contribution in [0.3, 0.4) is 0 Å². The summed E-state index contributed by atoms with van der Waals surface area (Å²) < 4.78 is 6.62. The number of hydrogen-bond acceptors (Lipinski definition) is 2. The number of rotatable bonds is 5. The third-order valence-electron chi connectivity index (χ3n) is 2.87. The number of ketones is 1. The molecule has 0 saturated carbocycles. The lowest BCUT2D eigenvalue weighted by Crippen LogP contribution is -2.20. The number of carbonyl (C=O) groups is 1. The fourth-order valence-corrected chi connectivity index (χ4v) is 2.44. The van der Waals surface area contributed by atoms with Crippen molar-refractivity contribution in [1.29, 1.82) is 0 Å². The van der Waals surface area contributed by atoms with Crippen LogP contribution in [0.15, 0.2) is 53.0 Å². The predicted octanol–water partition coefficient (Wildman–Crippen LogP) is 4.89. The first-order chi connectivity index (χ1) is 9.56. The highest BCUT2D eigenvalue weighted by atomic mass is 79.9. The van der Waals surface area contributed by atoms with E-state index in [1.165, 1.54) is 0 Å². The monoisotopic (exact) mass is 352 g/mol. The Hall–Kier alpha value is -1.16. The minimum Gasteiger partial charge on any atom is -0.366 e. The van der Waals surface area contributed by atoms with Crippen molar-refractivity contribution < 1.29 is 9.53 Å². The number of Topliss-reactive ketones (excluding diaryl/α,β-unsaturated/α-hetero) is 1. The highest BCUT2D eigenvalue weighted by Gasteiger charge is 2.16. The van der Waals surface area contributed by atoms with Crippen molar-refractivity contribution in [3.05, 3.63) is 69.2 Å². The van der Waals surface area contributed by atoms with Gasteiger partial charge in [-0.15, -0.1) is 0 Å². The number of carbonyl (C=O) groups excluding carboxylic acids is 1. The van der Waals surface area contributed by atoms with Crippen molar-refractivity contribution in [2.75, 3.05) is 0 Å². The van der Waals surface area contributed by atoms with Crippen LogP contribution < -0.4 is 0 Å². The van der Waals surface area contributed by atoms with Crippen LogP contribution in [-0.4, -0.2) is 11.9 Å². The molecule has 2 aromatic carbocycles. The van der Waals surface area contributed by atoms with E-state index in [-0.39, 0.29) is 5.78 Å². The lowest BCUT2D eigenvalue weighted by atomic mass is 10.1. The second kappa shape index (κ2) is 7.02. The Labute approximate surface area is 131 Å². The van der Waals surface area contributed by atoms with Crippen molar-refractivity contribution in [2.45, 2.75) is 19.6 Å². The molecule has 0 bridgehead atoms. The van der Waals surface area contributed by atoms with E-state index in [4.69, 9.17) is 16.3 Å². The molecule has 2 nitrogen and oxygen atoms in total. The van der Waals surface area contributed by atoms with Crippen LogP contribution in [0.25, 0.3) is 0 Å². The summed E-state index contributed by atoms with van der Waals surface area (Å²) in [6, 6.07) is 14.7. The molecule has 20 heavy (non-hydrogen) atoms. The summed E-state index contributed by atoms with van der Waals surface area (Å²) in [7, 11) is 0. The molecular formula is C16H14BrClO2. The van der Waals surface area contributed by atoms with Gasteiger partial charge in [-0.2, -0.15) is 0 Å². The smallest absolute Gasteiger partial charge is 0.191 e. The van der Waals surface area contributed by atoms with E-state index in [2.05, 4.69) is 15.9 Å². The van der Waals surface area contributed by atoms with Crippen molar-refractivity contribution in [2.24, 2.45) is 0 Å². The standard InChI is InChI=1S/C16H14BrClO2/c1-11(16(19)13-5-3-7-15(18)9-13)20-10-12-4-2-6-14(17)8-12/h2-9,11H,10H2,1H3. The van der Waals surface area contributed by atoms with Gasteiger partial charge in [-0.05, 0) is 36.8 Å². The van der Waals surface area contributed by atoms with E-state index in [0.29, 0.717) is 17.2 Å². The van der Waals surface area contributed by atoms with Crippen molar-refractivity contribution in [3.63, 3.8) is 0 Å². The number of benzene rings is 2. The van der Waals surface area contributed by atoms with E-state index >= 15 is 0 Å². The minimum atomic E-state index is -0.507. The zero-order chi connectivity index (χ0) is 14.5. The third-order valence-corrected chi connectivity index (χ3v) is 3.60. The van der Waals surface area contributed by atoms with Gasteiger partial charge in [0, 0.05) is 15.1 Å². The molecule has 0 saturated heterocycles. The maximum absolute atomic E-state index is 12.2. The van der Waals surface area contributed by atoms with Crippen LogP contribution in [-0.2, 0) is 11.3 Å². The average Bonchev–Trinajstić information content (AvgIpc) is 2.44. The molecule has 0 spiro atoms. The predicted molar refractivity (Wildman–Crippen MR) is 84.2 cm³/mol. The molecule has 1 atom stereocenters. The van der Waals surface area contributed by atoms with E-state index < -0.39 is 6.10 Å². The molecule has 0 radical (unpaired) electrons. The molecule has 0 heterocycles. The highest BCUT2D eigenvalue weighted by molar-refractivity contribution is 9.10. The summed E-state index contributed by atoms with van der Waals surface area (Å²) in [6.45, 7) is 2.15. The molecule has 0 aromatic heterocycles. The molecule has 2 aromatic rings. The molecule has 4 heteroatoms. The Morgan fingerprint density at radius 3 is 2.70 bits per heavy atom. The third kappa shape index (κ3) is 4.17. The molecule has 2 rings (SSSR count). The second-order valence-electron chi connectivity index (χ2n) is 4.46. The first kappa shape index (κ1) is 15.2. The molecule has 0 aliphatic rings. The van der Waals surface area contributed by atoms with Crippen molar-refractivity contribution in [1.82, 2.24) is 0 Å². The van der Waals surface area contributed by atoms with Crippen LogP contribution >= 0.6 is 27.5 Å². The van der Waals surface area contributed by atoms with Gasteiger partial charge in [-0.3, -0.25) is 4.79 Å². The fourth-order valence-electron chi connectivity index (χ4n) is 1.80. The largest absolute Gasteiger partial charge is 0.366 e. The van der Waals surface area contributed by atoms with E-state index in [0.717, 1.165) is 10.0 Å². The minimum absolute atomic E-state index is 0.0671. The van der Waals surface area contributed by atoms with Gasteiger partial charge in [0.25, 0.3) is 0 Å². The summed E-state index contributed by atoms with van der Waals surface area (Å²) in [5, 5.41) is 0.551. The van der Waals surface area contributed by atoms with Crippen LogP contribution in [0.2, 0.25) is 5.02 Å². The number of halogens is 2. The van der Waals surface area contributed by atoms with Gasteiger partial charge < -0.3 is 4.74 Å². The highest BCUT2D eigenvalue weighted by Crippen LogP contribution is 2.16. The molecule has 0 N–H and O–H groups in total. The first-order valence-corrected chi connectivity index (χ1v) is 7.39. The second-order valence-corrected chi connectivity index (χ2v) is 5.81. The van der Waals surface area contributed by atoms with Crippen LogP contribution in [0, 0.1) is 0 Å². The summed E-state index contributed by atoms with van der Waals surface area (Å²) >= 11 is 9.29. The topological polar surface area (TPSA) is 26.3 Å². The maximum atomic E-state index is 12.2. The van der Waals surface area contributed by atoms with Gasteiger partial charge in [0.15, 0.2) is 5.78 Å². The summed E-state index contributed by atoms with van der Waals surface area (Å²) in [5.41, 5.74) is 1.59. The van der Waals surface area contributed by atoms with Gasteiger partial charge >= 0.3 is 0 Å². The summed E-state index contributed by atoms with van der Waals surface area (Å²) in [4.78, 5) is 12.2. The van der Waals surface area contributed by atoms with E-state index in [9.17, 15) is 4.79 Å². The van der Waals surface area contributed by atoms with Crippen molar-refractivity contribution in [3.8, 4) is 0 Å². The van der Waals surface area contributed by atoms with Gasteiger partial charge in [0.05, 0.1) is 6.61 Å². The average molecular weight is 354 g/mol. The molecule has 1 unspecified atom stereocenters. The molecule has 0 fully saturated rings. The normalized spacial score (nSPS) is 12.2. The Balaban J connectivity index is 1.98. The van der Waals surface area contributed by atoms with E-state index in [1.807, 2.05) is 24.3 Å². The first-order valence-electron chi connectivity index (χ1n) is 6.22. The molecular weight excluding hydrogens is 340 g/mol. The van der Waals surface area contributed by atoms with Crippen molar-refractivity contribution >= 4 is 33.3 Å². The quantitative estimate of drug-likeness (QED) is 0.715. The Bertz CT molecular complexity index is 613. The van der Waals surface area contributed by atoms with Gasteiger partial charge in [-0.1, -0.05) is 51.8 Å². The van der Waals surface area contributed by atoms with Gasteiger partial charge in [0.2, 0.25) is 0 Å². The van der Waals surface area contributed by atoms with Gasteiger partial charge in [-0.25, -0.2) is 0 Å². The number of ether oxygens (including phenoxy) is 1. The fraction of sp³-hybridized carbons (Fsp3) is 0.188. The summed E-state index contributed by atoms with van der Waals surface area (Å²) in [5.74, 6) is -0.0671. The Morgan fingerprint density at radius 1 is 1.25 bits per heavy atom. The molecule has 0 aliphatic heterocycles. The van der Waals surface area contributed by atoms with Crippen LogP contribution in [0.5, 0.6) is 0 Å². The Kier molecular flexibility index (Phi) is 5.35. The van der Waals surface area contributed by atoms with E-state index in [1.54, 1.807) is 31.2 Å². The number of hydrogen-bond donors (Lipinski definition) is 0. The maximum Gasteiger partial charge on any atom is 0.191 e. The SMILES string of the molecule is CC(OCc1cccc(Br)c1)C(=O)c1cccc(Cl)c1. The van der Waals surface area contributed by atoms with Gasteiger partial charge in [0.1, 0.15) is 6.10 Å². The molecule has 0 amide bonds.